The van der Waals surface area contributed by atoms with E-state index in [9.17, 15) is 9.18 Å². The molecule has 2 aromatic rings. The zero-order valence-corrected chi connectivity index (χ0v) is 20.2. The highest BCUT2D eigenvalue weighted by molar-refractivity contribution is 5.66. The second-order valence-corrected chi connectivity index (χ2v) is 8.67. The number of rotatable bonds is 6. The average Bonchev–Trinajstić information content (AvgIpc) is 2.84. The number of halogens is 1. The van der Waals surface area contributed by atoms with Crippen molar-refractivity contribution in [3.8, 4) is 23.2 Å². The molecule has 0 spiro atoms. The third-order valence-electron chi connectivity index (χ3n) is 5.70. The molecule has 0 N–H and O–H groups in total. The van der Waals surface area contributed by atoms with Gasteiger partial charge in [-0.3, -0.25) is 4.79 Å². The molecule has 0 fully saturated rings. The van der Waals surface area contributed by atoms with E-state index >= 15 is 0 Å². The maximum atomic E-state index is 13.7. The van der Waals surface area contributed by atoms with E-state index in [1.54, 1.807) is 25.3 Å². The fourth-order valence-corrected chi connectivity index (χ4v) is 3.77. The molecule has 0 saturated heterocycles. The van der Waals surface area contributed by atoms with Crippen LogP contribution in [0, 0.1) is 23.1 Å². The lowest BCUT2D eigenvalue weighted by molar-refractivity contribution is -0.104. The minimum absolute atomic E-state index is 0.0439. The molecule has 182 valence electrons. The number of nitriles is 1. The summed E-state index contributed by atoms with van der Waals surface area (Å²) in [4.78, 5) is 19.4. The highest BCUT2D eigenvalue weighted by Crippen LogP contribution is 2.30. The van der Waals surface area contributed by atoms with Gasteiger partial charge in [-0.2, -0.15) is 5.26 Å². The Morgan fingerprint density at radius 2 is 2.09 bits per heavy atom. The third-order valence-corrected chi connectivity index (χ3v) is 5.70. The number of ether oxygens (including phenoxy) is 3. The Balaban J connectivity index is 1.90. The first-order valence-corrected chi connectivity index (χ1v) is 11.2. The van der Waals surface area contributed by atoms with Gasteiger partial charge < -0.3 is 14.2 Å². The van der Waals surface area contributed by atoms with E-state index < -0.39 is 11.4 Å². The molecule has 35 heavy (non-hydrogen) atoms. The highest BCUT2D eigenvalue weighted by atomic mass is 19.1. The molecule has 0 saturated carbocycles. The SMILES string of the molecule is CO/C1=C/COC(C)(C)C(Oc2cc(-c3ccc(F)c(C#N)c3)ncn2)CC(C)/C=C1/C=C\C=O. The number of carbonyl (C=O) groups is 1. The lowest BCUT2D eigenvalue weighted by Gasteiger charge is -2.35. The topological polar surface area (TPSA) is 94.3 Å². The molecule has 0 bridgehead atoms. The second kappa shape index (κ2) is 11.5. The number of carbonyl (C=O) groups excluding carboxylic acids is 1. The van der Waals surface area contributed by atoms with Crippen LogP contribution in [-0.4, -0.2) is 41.7 Å². The van der Waals surface area contributed by atoms with E-state index in [4.69, 9.17) is 19.5 Å². The van der Waals surface area contributed by atoms with Gasteiger partial charge in [-0.05, 0) is 62.6 Å². The monoisotopic (exact) mass is 477 g/mol. The zero-order valence-electron chi connectivity index (χ0n) is 20.2. The lowest BCUT2D eigenvalue weighted by Crippen LogP contribution is -2.44. The van der Waals surface area contributed by atoms with Crippen LogP contribution in [0.3, 0.4) is 0 Å². The van der Waals surface area contributed by atoms with Crippen LogP contribution in [0.1, 0.15) is 32.8 Å². The second-order valence-electron chi connectivity index (χ2n) is 8.67. The summed E-state index contributed by atoms with van der Waals surface area (Å²) in [5.74, 6) is 0.420. The molecule has 2 atom stereocenters. The number of allylic oxidation sites excluding steroid dienone is 3. The predicted molar refractivity (Wildman–Crippen MR) is 129 cm³/mol. The fraction of sp³-hybridized carbons (Fsp3) is 0.333. The molecule has 7 nitrogen and oxygen atoms in total. The van der Waals surface area contributed by atoms with E-state index in [0.29, 0.717) is 29.3 Å². The van der Waals surface area contributed by atoms with Gasteiger partial charge in [-0.15, -0.1) is 0 Å². The molecular formula is C27H28FN3O4. The van der Waals surface area contributed by atoms with Gasteiger partial charge in [0.2, 0.25) is 5.88 Å². The van der Waals surface area contributed by atoms with Crippen molar-refractivity contribution in [3.63, 3.8) is 0 Å². The van der Waals surface area contributed by atoms with E-state index in [-0.39, 0.29) is 24.2 Å². The van der Waals surface area contributed by atoms with Crippen LogP contribution in [0.15, 0.2) is 66.2 Å². The summed E-state index contributed by atoms with van der Waals surface area (Å²) >= 11 is 0. The minimum atomic E-state index is -0.678. The fourth-order valence-electron chi connectivity index (χ4n) is 3.77. The molecule has 0 amide bonds. The largest absolute Gasteiger partial charge is 0.496 e. The quantitative estimate of drug-likeness (QED) is 0.429. The molecule has 1 aromatic carbocycles. The Hall–Kier alpha value is -3.83. The Kier molecular flexibility index (Phi) is 8.50. The van der Waals surface area contributed by atoms with E-state index in [0.717, 1.165) is 11.9 Å². The number of nitrogens with zero attached hydrogens (tertiary/aromatic N) is 3. The maximum Gasteiger partial charge on any atom is 0.217 e. The smallest absolute Gasteiger partial charge is 0.217 e. The van der Waals surface area contributed by atoms with Gasteiger partial charge >= 0.3 is 0 Å². The first-order valence-electron chi connectivity index (χ1n) is 11.2. The number of hydrogen-bond donors (Lipinski definition) is 0. The van der Waals surface area contributed by atoms with Crippen molar-refractivity contribution in [2.24, 2.45) is 5.92 Å². The molecule has 0 radical (unpaired) electrons. The van der Waals surface area contributed by atoms with Gasteiger partial charge in [0.1, 0.15) is 36.4 Å². The van der Waals surface area contributed by atoms with Gasteiger partial charge in [-0.25, -0.2) is 14.4 Å². The van der Waals surface area contributed by atoms with Gasteiger partial charge in [0.05, 0.1) is 30.6 Å². The molecule has 1 aliphatic heterocycles. The van der Waals surface area contributed by atoms with Crippen LogP contribution in [0.2, 0.25) is 0 Å². The Bertz CT molecular complexity index is 1200. The Morgan fingerprint density at radius 1 is 1.29 bits per heavy atom. The minimum Gasteiger partial charge on any atom is -0.496 e. The van der Waals surface area contributed by atoms with Crippen molar-refractivity contribution in [1.82, 2.24) is 9.97 Å². The highest BCUT2D eigenvalue weighted by Gasteiger charge is 2.34. The molecule has 1 aromatic heterocycles. The van der Waals surface area contributed by atoms with Crippen LogP contribution in [0.4, 0.5) is 4.39 Å². The van der Waals surface area contributed by atoms with Crippen molar-refractivity contribution in [2.45, 2.75) is 38.9 Å². The Morgan fingerprint density at radius 3 is 2.80 bits per heavy atom. The molecule has 2 heterocycles. The first-order chi connectivity index (χ1) is 16.8. The van der Waals surface area contributed by atoms with Crippen LogP contribution < -0.4 is 4.74 Å². The summed E-state index contributed by atoms with van der Waals surface area (Å²) < 4.78 is 31.7. The molecular weight excluding hydrogens is 449 g/mol. The van der Waals surface area contributed by atoms with Crippen molar-refractivity contribution in [2.75, 3.05) is 13.7 Å². The number of aldehydes is 1. The average molecular weight is 478 g/mol. The lowest BCUT2D eigenvalue weighted by atomic mass is 9.90. The van der Waals surface area contributed by atoms with Gasteiger partial charge in [0.15, 0.2) is 0 Å². The van der Waals surface area contributed by atoms with Gasteiger partial charge in [0.25, 0.3) is 0 Å². The van der Waals surface area contributed by atoms with E-state index in [1.807, 2.05) is 39.0 Å². The molecule has 0 aliphatic carbocycles. The van der Waals surface area contributed by atoms with Crippen molar-refractivity contribution in [3.05, 3.63) is 77.6 Å². The number of benzene rings is 1. The summed E-state index contributed by atoms with van der Waals surface area (Å²) in [7, 11) is 1.58. The summed E-state index contributed by atoms with van der Waals surface area (Å²) in [6.45, 7) is 6.22. The first kappa shape index (κ1) is 25.8. The van der Waals surface area contributed by atoms with Crippen LogP contribution in [0.5, 0.6) is 5.88 Å². The summed E-state index contributed by atoms with van der Waals surface area (Å²) in [6.07, 6.45) is 9.28. The summed E-state index contributed by atoms with van der Waals surface area (Å²) in [5, 5.41) is 9.14. The number of aromatic nitrogens is 2. The third kappa shape index (κ3) is 6.61. The number of methoxy groups -OCH3 is 1. The van der Waals surface area contributed by atoms with Crippen LogP contribution in [-0.2, 0) is 14.3 Å². The summed E-state index contributed by atoms with van der Waals surface area (Å²) in [6, 6.07) is 7.73. The molecule has 1 aliphatic rings. The normalized spacial score (nSPS) is 23.3. The number of hydrogen-bond acceptors (Lipinski definition) is 7. The Labute approximate surface area is 204 Å². The molecule has 2 unspecified atom stereocenters. The van der Waals surface area contributed by atoms with E-state index in [2.05, 4.69) is 9.97 Å². The van der Waals surface area contributed by atoms with Crippen molar-refractivity contribution >= 4 is 6.29 Å². The van der Waals surface area contributed by atoms with Crippen molar-refractivity contribution < 1.29 is 23.4 Å². The van der Waals surface area contributed by atoms with Gasteiger partial charge in [0, 0.05) is 17.2 Å². The zero-order chi connectivity index (χ0) is 25.4. The van der Waals surface area contributed by atoms with E-state index in [1.165, 1.54) is 24.5 Å². The standard InChI is InChI=1S/C27H28FN3O4/c1-18-12-20(6-5-10-32)24(33-4)9-11-34-27(2,3)25(13-18)35-26-15-23(30-17-31-26)19-7-8-22(28)21(14-19)16-29/h5-10,12,14-15,17-18,25H,11,13H2,1-4H3/b6-5-,20-12-,24-9+. The molecule has 8 heteroatoms. The van der Waals surface area contributed by atoms with Crippen LogP contribution >= 0.6 is 0 Å². The van der Waals surface area contributed by atoms with Crippen LogP contribution in [0.25, 0.3) is 11.3 Å². The van der Waals surface area contributed by atoms with Gasteiger partial charge in [-0.1, -0.05) is 13.0 Å². The predicted octanol–water partition coefficient (Wildman–Crippen LogP) is 4.95. The molecule has 3 rings (SSSR count). The summed E-state index contributed by atoms with van der Waals surface area (Å²) in [5.41, 5.74) is 1.13. The van der Waals surface area contributed by atoms with Crippen molar-refractivity contribution in [1.29, 1.82) is 5.26 Å². The maximum absolute atomic E-state index is 13.7.